The van der Waals surface area contributed by atoms with Crippen molar-refractivity contribution < 1.29 is 10.0 Å². The Morgan fingerprint density at radius 2 is 2.26 bits per heavy atom. The summed E-state index contributed by atoms with van der Waals surface area (Å²) in [7, 11) is 0. The molecule has 0 radical (unpaired) electrons. The minimum absolute atomic E-state index is 0.0552. The minimum atomic E-state index is -0.0552. The van der Waals surface area contributed by atoms with E-state index in [1.165, 1.54) is 11.3 Å². The molecule has 104 valence electrons. The molecule has 1 saturated carbocycles. The fourth-order valence-electron chi connectivity index (χ4n) is 2.37. The molecule has 1 aliphatic rings. The van der Waals surface area contributed by atoms with Crippen LogP contribution in [0.1, 0.15) is 35.4 Å². The smallest absolute Gasteiger partial charge is 0.265 e. The molecule has 5 nitrogen and oxygen atoms in total. The second-order valence-corrected chi connectivity index (χ2v) is 6.33. The van der Waals surface area contributed by atoms with Crippen LogP contribution in [0.15, 0.2) is 21.1 Å². The summed E-state index contributed by atoms with van der Waals surface area (Å²) in [5, 5.41) is 13.6. The van der Waals surface area contributed by atoms with Gasteiger partial charge in [-0.05, 0) is 40.2 Å². The van der Waals surface area contributed by atoms with E-state index < -0.39 is 0 Å². The summed E-state index contributed by atoms with van der Waals surface area (Å²) >= 11 is 4.78. The number of nitrogens with zero attached hydrogens (tertiary/aromatic N) is 2. The van der Waals surface area contributed by atoms with Crippen molar-refractivity contribution in [1.82, 2.24) is 4.90 Å². The van der Waals surface area contributed by atoms with E-state index in [2.05, 4.69) is 21.1 Å². The highest BCUT2D eigenvalue weighted by Gasteiger charge is 2.29. The Kier molecular flexibility index (Phi) is 4.81. The largest absolute Gasteiger partial charge is 0.409 e. The lowest BCUT2D eigenvalue weighted by Gasteiger charge is -2.28. The number of amidine groups is 1. The first kappa shape index (κ1) is 14.3. The summed E-state index contributed by atoms with van der Waals surface area (Å²) < 4.78 is 0.796. The topological polar surface area (TPSA) is 78.9 Å². The molecule has 0 spiro atoms. The molecule has 1 fully saturated rings. The van der Waals surface area contributed by atoms with Crippen molar-refractivity contribution >= 4 is 39.0 Å². The van der Waals surface area contributed by atoms with Crippen molar-refractivity contribution in [2.75, 3.05) is 6.54 Å². The summed E-state index contributed by atoms with van der Waals surface area (Å²) in [6.45, 7) is 0.171. The molecule has 0 saturated heterocycles. The van der Waals surface area contributed by atoms with Crippen LogP contribution in [0.25, 0.3) is 0 Å². The van der Waals surface area contributed by atoms with E-state index in [1.54, 1.807) is 4.90 Å². The number of oxime groups is 1. The number of amides is 1. The quantitative estimate of drug-likeness (QED) is 0.381. The second kappa shape index (κ2) is 6.38. The Labute approximate surface area is 124 Å². The van der Waals surface area contributed by atoms with E-state index in [0.29, 0.717) is 4.88 Å². The van der Waals surface area contributed by atoms with Gasteiger partial charge in [-0.3, -0.25) is 4.79 Å². The number of nitrogens with two attached hydrogens (primary N) is 1. The lowest BCUT2D eigenvalue weighted by molar-refractivity contribution is 0.0716. The van der Waals surface area contributed by atoms with Gasteiger partial charge < -0.3 is 15.8 Å². The molecule has 19 heavy (non-hydrogen) atoms. The molecule has 0 bridgehead atoms. The zero-order valence-corrected chi connectivity index (χ0v) is 12.8. The molecule has 1 heterocycles. The molecule has 0 aliphatic heterocycles. The van der Waals surface area contributed by atoms with Gasteiger partial charge in [0.15, 0.2) is 5.84 Å². The number of carbonyl (C=O) groups excluding carboxylic acids is 1. The van der Waals surface area contributed by atoms with E-state index in [4.69, 9.17) is 10.9 Å². The number of thiophene rings is 1. The fourth-order valence-corrected chi connectivity index (χ4v) is 3.86. The minimum Gasteiger partial charge on any atom is -0.409 e. The summed E-state index contributed by atoms with van der Waals surface area (Å²) in [5.41, 5.74) is 5.57. The number of halogens is 1. The molecule has 0 atom stereocenters. The van der Waals surface area contributed by atoms with E-state index >= 15 is 0 Å². The van der Waals surface area contributed by atoms with Crippen molar-refractivity contribution in [3.05, 3.63) is 20.8 Å². The van der Waals surface area contributed by atoms with Crippen LogP contribution < -0.4 is 5.73 Å². The SMILES string of the molecule is NC(CN(C(=O)c1sccc1Br)C1CCCC1)=NO. The molecular formula is C12H16BrN3O2S. The molecule has 7 heteroatoms. The number of carbonyl (C=O) groups is 1. The average molecular weight is 346 g/mol. The molecule has 1 aliphatic carbocycles. The normalized spacial score (nSPS) is 16.8. The Bertz CT molecular complexity index is 483. The van der Waals surface area contributed by atoms with Gasteiger partial charge in [0, 0.05) is 10.5 Å². The van der Waals surface area contributed by atoms with Crippen molar-refractivity contribution in [3.8, 4) is 0 Å². The highest BCUT2D eigenvalue weighted by atomic mass is 79.9. The lowest BCUT2D eigenvalue weighted by Crippen LogP contribution is -2.44. The number of hydrogen-bond acceptors (Lipinski definition) is 4. The fraction of sp³-hybridized carbons (Fsp3) is 0.500. The van der Waals surface area contributed by atoms with E-state index in [9.17, 15) is 4.79 Å². The maximum atomic E-state index is 12.6. The molecule has 0 unspecified atom stereocenters. The van der Waals surface area contributed by atoms with Gasteiger partial charge in [-0.2, -0.15) is 0 Å². The average Bonchev–Trinajstić information content (AvgIpc) is 3.05. The maximum Gasteiger partial charge on any atom is 0.265 e. The third kappa shape index (κ3) is 3.27. The monoisotopic (exact) mass is 345 g/mol. The molecule has 0 aromatic carbocycles. The molecule has 2 rings (SSSR count). The lowest BCUT2D eigenvalue weighted by atomic mass is 10.2. The van der Waals surface area contributed by atoms with Crippen LogP contribution in [0.5, 0.6) is 0 Å². The van der Waals surface area contributed by atoms with Crippen LogP contribution in [0.3, 0.4) is 0 Å². The van der Waals surface area contributed by atoms with Crippen molar-refractivity contribution in [2.24, 2.45) is 10.9 Å². The van der Waals surface area contributed by atoms with Gasteiger partial charge in [0.1, 0.15) is 4.88 Å². The summed E-state index contributed by atoms with van der Waals surface area (Å²) in [5.74, 6) is 0.00769. The van der Waals surface area contributed by atoms with Gasteiger partial charge in [0.05, 0.1) is 6.54 Å². The summed E-state index contributed by atoms with van der Waals surface area (Å²) in [6.07, 6.45) is 4.20. The Balaban J connectivity index is 2.21. The predicted octanol–water partition coefficient (Wildman–Crippen LogP) is 2.64. The number of rotatable bonds is 4. The van der Waals surface area contributed by atoms with Gasteiger partial charge in [0.2, 0.25) is 0 Å². The van der Waals surface area contributed by atoms with Crippen LogP contribution >= 0.6 is 27.3 Å². The van der Waals surface area contributed by atoms with Gasteiger partial charge in [-0.15, -0.1) is 11.3 Å². The highest BCUT2D eigenvalue weighted by molar-refractivity contribution is 9.10. The van der Waals surface area contributed by atoms with Crippen LogP contribution in [-0.4, -0.2) is 34.4 Å². The zero-order valence-electron chi connectivity index (χ0n) is 10.4. The van der Waals surface area contributed by atoms with Gasteiger partial charge in [-0.1, -0.05) is 18.0 Å². The first-order chi connectivity index (χ1) is 9.13. The zero-order chi connectivity index (χ0) is 13.8. The van der Waals surface area contributed by atoms with E-state index in [-0.39, 0.29) is 24.3 Å². The summed E-state index contributed by atoms with van der Waals surface area (Å²) in [4.78, 5) is 15.0. The Morgan fingerprint density at radius 1 is 1.58 bits per heavy atom. The third-order valence-electron chi connectivity index (χ3n) is 3.30. The van der Waals surface area contributed by atoms with Crippen LogP contribution in [0, 0.1) is 0 Å². The first-order valence-electron chi connectivity index (χ1n) is 6.14. The van der Waals surface area contributed by atoms with Crippen LogP contribution in [-0.2, 0) is 0 Å². The van der Waals surface area contributed by atoms with E-state index in [1.807, 2.05) is 11.4 Å². The van der Waals surface area contributed by atoms with Crippen LogP contribution in [0.2, 0.25) is 0 Å². The highest BCUT2D eigenvalue weighted by Crippen LogP contribution is 2.29. The second-order valence-electron chi connectivity index (χ2n) is 4.56. The maximum absolute atomic E-state index is 12.6. The van der Waals surface area contributed by atoms with Crippen molar-refractivity contribution in [1.29, 1.82) is 0 Å². The van der Waals surface area contributed by atoms with Crippen LogP contribution in [0.4, 0.5) is 0 Å². The molecule has 1 amide bonds. The predicted molar refractivity (Wildman–Crippen MR) is 78.7 cm³/mol. The molecule has 1 aromatic heterocycles. The van der Waals surface area contributed by atoms with Crippen molar-refractivity contribution in [3.63, 3.8) is 0 Å². The van der Waals surface area contributed by atoms with Gasteiger partial charge in [0.25, 0.3) is 5.91 Å². The Hall–Kier alpha value is -1.08. The number of hydrogen-bond donors (Lipinski definition) is 2. The standard InChI is InChI=1S/C12H16BrN3O2S/c13-9-5-6-19-11(9)12(17)16(7-10(14)15-18)8-3-1-2-4-8/h5-6,8,18H,1-4,7H2,(H2,14,15). The van der Waals surface area contributed by atoms with Crippen molar-refractivity contribution in [2.45, 2.75) is 31.7 Å². The first-order valence-corrected chi connectivity index (χ1v) is 7.81. The summed E-state index contributed by atoms with van der Waals surface area (Å²) in [6, 6.07) is 2.04. The Morgan fingerprint density at radius 3 is 2.79 bits per heavy atom. The molecule has 3 N–H and O–H groups in total. The van der Waals surface area contributed by atoms with E-state index in [0.717, 1.165) is 30.2 Å². The van der Waals surface area contributed by atoms with Gasteiger partial charge in [-0.25, -0.2) is 0 Å². The molecule has 1 aromatic rings. The molecular weight excluding hydrogens is 330 g/mol. The third-order valence-corrected chi connectivity index (χ3v) is 5.12. The van der Waals surface area contributed by atoms with Gasteiger partial charge >= 0.3 is 0 Å².